The van der Waals surface area contributed by atoms with E-state index >= 15 is 0 Å². The average Bonchev–Trinajstić information content (AvgIpc) is 2.82. The number of nitrogens with one attached hydrogen (secondary N) is 2. The van der Waals surface area contributed by atoms with Crippen molar-refractivity contribution in [3.8, 4) is 0 Å². The van der Waals surface area contributed by atoms with Crippen LogP contribution in [0.25, 0.3) is 5.70 Å². The highest BCUT2D eigenvalue weighted by Crippen LogP contribution is 2.05. The van der Waals surface area contributed by atoms with Crippen LogP contribution in [0.1, 0.15) is 11.3 Å². The molecule has 0 fully saturated rings. The van der Waals surface area contributed by atoms with E-state index < -0.39 is 0 Å². The molecule has 0 spiro atoms. The first-order chi connectivity index (χ1) is 9.16. The maximum Gasteiger partial charge on any atom is 0.244 e. The number of aromatic nitrogens is 2. The zero-order valence-electron chi connectivity index (χ0n) is 10.8. The third kappa shape index (κ3) is 3.45. The Kier molecular flexibility index (Phi) is 3.97. The van der Waals surface area contributed by atoms with Crippen LogP contribution < -0.4 is 10.9 Å². The van der Waals surface area contributed by atoms with Gasteiger partial charge in [-0.1, -0.05) is 6.58 Å². The van der Waals surface area contributed by atoms with Gasteiger partial charge >= 0.3 is 0 Å². The molecule has 0 saturated carbocycles. The van der Waals surface area contributed by atoms with E-state index in [1.54, 1.807) is 12.4 Å². The lowest BCUT2D eigenvalue weighted by molar-refractivity contribution is -0.121. The van der Waals surface area contributed by atoms with E-state index in [2.05, 4.69) is 22.4 Å². The first kappa shape index (κ1) is 12.9. The van der Waals surface area contributed by atoms with Gasteiger partial charge in [0.2, 0.25) is 5.91 Å². The van der Waals surface area contributed by atoms with Gasteiger partial charge in [0.25, 0.3) is 0 Å². The number of amides is 1. The fourth-order valence-corrected chi connectivity index (χ4v) is 1.66. The fraction of sp³-hybridized carbons (Fsp3) is 0.143. The maximum atomic E-state index is 11.8. The van der Waals surface area contributed by atoms with Gasteiger partial charge in [-0.05, 0) is 24.3 Å². The molecule has 5 heteroatoms. The van der Waals surface area contributed by atoms with Gasteiger partial charge in [-0.2, -0.15) is 0 Å². The topological polar surface area (TPSA) is 58.9 Å². The van der Waals surface area contributed by atoms with Gasteiger partial charge in [-0.3, -0.25) is 20.6 Å². The van der Waals surface area contributed by atoms with Crippen LogP contribution in [0.4, 0.5) is 0 Å². The highest BCUT2D eigenvalue weighted by molar-refractivity contribution is 5.79. The summed E-state index contributed by atoms with van der Waals surface area (Å²) < 4.78 is 1.91. The fourth-order valence-electron chi connectivity index (χ4n) is 1.66. The molecule has 2 N–H and O–H groups in total. The number of hydrazine groups is 1. The molecule has 2 heterocycles. The molecule has 2 aromatic rings. The quantitative estimate of drug-likeness (QED) is 0.792. The molecule has 98 valence electrons. The van der Waals surface area contributed by atoms with E-state index in [0.717, 1.165) is 11.3 Å². The molecule has 2 rings (SSSR count). The first-order valence-electron chi connectivity index (χ1n) is 5.91. The van der Waals surface area contributed by atoms with Crippen molar-refractivity contribution in [1.82, 2.24) is 20.4 Å². The van der Waals surface area contributed by atoms with Crippen molar-refractivity contribution < 1.29 is 4.79 Å². The molecule has 0 saturated heterocycles. The van der Waals surface area contributed by atoms with Crippen LogP contribution in [0, 0.1) is 0 Å². The van der Waals surface area contributed by atoms with E-state index in [-0.39, 0.29) is 5.91 Å². The predicted octanol–water partition coefficient (Wildman–Crippen LogP) is 1.25. The van der Waals surface area contributed by atoms with Crippen molar-refractivity contribution in [3.63, 3.8) is 0 Å². The number of aryl methyl sites for hydroxylation is 1. The number of pyridine rings is 1. The number of hydrogen-bond acceptors (Lipinski definition) is 3. The average molecular weight is 256 g/mol. The van der Waals surface area contributed by atoms with Gasteiger partial charge in [0.1, 0.15) is 0 Å². The van der Waals surface area contributed by atoms with Gasteiger partial charge in [0.05, 0.1) is 12.1 Å². The minimum Gasteiger partial charge on any atom is -0.354 e. The molecule has 0 atom stereocenters. The predicted molar refractivity (Wildman–Crippen MR) is 73.7 cm³/mol. The van der Waals surface area contributed by atoms with Crippen molar-refractivity contribution >= 4 is 11.6 Å². The Hall–Kier alpha value is -2.56. The summed E-state index contributed by atoms with van der Waals surface area (Å²) in [6, 6.07) is 7.46. The minimum atomic E-state index is -0.114. The largest absolute Gasteiger partial charge is 0.354 e. The number of carbonyl (C=O) groups is 1. The third-order valence-corrected chi connectivity index (χ3v) is 2.77. The summed E-state index contributed by atoms with van der Waals surface area (Å²) in [6.45, 7) is 3.85. The normalized spacial score (nSPS) is 9.95. The highest BCUT2D eigenvalue weighted by atomic mass is 16.2. The Morgan fingerprint density at radius 3 is 2.68 bits per heavy atom. The van der Waals surface area contributed by atoms with Crippen molar-refractivity contribution in [3.05, 3.63) is 60.7 Å². The van der Waals surface area contributed by atoms with Gasteiger partial charge in [-0.25, -0.2) is 0 Å². The van der Waals surface area contributed by atoms with Crippen LogP contribution in [0.15, 0.2) is 49.4 Å². The molecule has 1 amide bonds. The Labute approximate surface area is 111 Å². The Balaban J connectivity index is 1.84. The van der Waals surface area contributed by atoms with E-state index in [1.165, 1.54) is 0 Å². The van der Waals surface area contributed by atoms with Crippen LogP contribution in [-0.2, 0) is 18.3 Å². The smallest absolute Gasteiger partial charge is 0.244 e. The molecule has 0 bridgehead atoms. The third-order valence-electron chi connectivity index (χ3n) is 2.77. The van der Waals surface area contributed by atoms with Crippen LogP contribution in [0.2, 0.25) is 0 Å². The number of carbonyl (C=O) groups excluding carboxylic acids is 1. The Morgan fingerprint density at radius 2 is 2.05 bits per heavy atom. The van der Waals surface area contributed by atoms with Gasteiger partial charge in [-0.15, -0.1) is 0 Å². The van der Waals surface area contributed by atoms with Crippen molar-refractivity contribution in [2.45, 2.75) is 6.42 Å². The second-order valence-corrected chi connectivity index (χ2v) is 4.17. The number of hydrogen-bond donors (Lipinski definition) is 2. The molecule has 0 aliphatic rings. The summed E-state index contributed by atoms with van der Waals surface area (Å²) in [5.74, 6) is -0.114. The Bertz CT molecular complexity index is 574. The highest BCUT2D eigenvalue weighted by Gasteiger charge is 2.06. The van der Waals surface area contributed by atoms with Crippen LogP contribution in [-0.4, -0.2) is 15.5 Å². The molecule has 0 unspecified atom stereocenters. The summed E-state index contributed by atoms with van der Waals surface area (Å²) in [7, 11) is 1.91. The van der Waals surface area contributed by atoms with E-state index in [4.69, 9.17) is 0 Å². The first-order valence-corrected chi connectivity index (χ1v) is 5.91. The second kappa shape index (κ2) is 5.86. The van der Waals surface area contributed by atoms with Crippen LogP contribution >= 0.6 is 0 Å². The number of rotatable bonds is 5. The summed E-state index contributed by atoms with van der Waals surface area (Å²) in [5, 5.41) is 0. The molecule has 2 aromatic heterocycles. The van der Waals surface area contributed by atoms with Gasteiger partial charge < -0.3 is 4.57 Å². The molecule has 5 nitrogen and oxygen atoms in total. The van der Waals surface area contributed by atoms with E-state index in [1.807, 2.05) is 42.1 Å². The Morgan fingerprint density at radius 1 is 1.32 bits per heavy atom. The van der Waals surface area contributed by atoms with E-state index in [0.29, 0.717) is 12.1 Å². The summed E-state index contributed by atoms with van der Waals surface area (Å²) in [6.07, 6.45) is 5.58. The van der Waals surface area contributed by atoms with Crippen LogP contribution in [0.3, 0.4) is 0 Å². The zero-order chi connectivity index (χ0) is 13.7. The van der Waals surface area contributed by atoms with Gasteiger partial charge in [0, 0.05) is 36.9 Å². The second-order valence-electron chi connectivity index (χ2n) is 4.17. The zero-order valence-corrected chi connectivity index (χ0v) is 10.8. The lowest BCUT2D eigenvalue weighted by Gasteiger charge is -2.11. The minimum absolute atomic E-state index is 0.114. The SMILES string of the molecule is C=C(NNC(=O)Cc1cccn1C)c1ccncc1. The van der Waals surface area contributed by atoms with Crippen LogP contribution in [0.5, 0.6) is 0 Å². The molecule has 0 radical (unpaired) electrons. The molecule has 0 aliphatic heterocycles. The number of nitrogens with zero attached hydrogens (tertiary/aromatic N) is 2. The van der Waals surface area contributed by atoms with E-state index in [9.17, 15) is 4.79 Å². The summed E-state index contributed by atoms with van der Waals surface area (Å²) in [4.78, 5) is 15.7. The molecular weight excluding hydrogens is 240 g/mol. The standard InChI is InChI=1S/C14H16N4O/c1-11(12-5-7-15-8-6-12)16-17-14(19)10-13-4-3-9-18(13)2/h3-9,16H,1,10H2,2H3,(H,17,19). The molecular formula is C14H16N4O. The lowest BCUT2D eigenvalue weighted by atomic mass is 10.2. The van der Waals surface area contributed by atoms with Crippen molar-refractivity contribution in [2.24, 2.45) is 7.05 Å². The van der Waals surface area contributed by atoms with Gasteiger partial charge in [0.15, 0.2) is 0 Å². The van der Waals surface area contributed by atoms with Crippen molar-refractivity contribution in [2.75, 3.05) is 0 Å². The monoisotopic (exact) mass is 256 g/mol. The maximum absolute atomic E-state index is 11.8. The summed E-state index contributed by atoms with van der Waals surface area (Å²) in [5.41, 5.74) is 7.89. The van der Waals surface area contributed by atoms with Crippen molar-refractivity contribution in [1.29, 1.82) is 0 Å². The molecule has 0 aromatic carbocycles. The lowest BCUT2D eigenvalue weighted by Crippen LogP contribution is -2.37. The molecule has 19 heavy (non-hydrogen) atoms. The molecule has 0 aliphatic carbocycles. The summed E-state index contributed by atoms with van der Waals surface area (Å²) >= 11 is 0.